The number of amides is 1. The maximum atomic E-state index is 11.0. The van der Waals surface area contributed by atoms with Crippen LogP contribution >= 0.6 is 0 Å². The van der Waals surface area contributed by atoms with Crippen LogP contribution in [0.2, 0.25) is 0 Å². The SMILES string of the molecule is Cc1cc(C)n(C(C)CC(=O)NN)n1. The van der Waals surface area contributed by atoms with Gasteiger partial charge < -0.3 is 0 Å². The first kappa shape index (κ1) is 10.7. The van der Waals surface area contributed by atoms with E-state index in [-0.39, 0.29) is 11.9 Å². The van der Waals surface area contributed by atoms with E-state index in [1.54, 1.807) is 0 Å². The van der Waals surface area contributed by atoms with Gasteiger partial charge >= 0.3 is 0 Å². The number of aromatic nitrogens is 2. The van der Waals surface area contributed by atoms with Crippen molar-refractivity contribution < 1.29 is 4.79 Å². The van der Waals surface area contributed by atoms with Gasteiger partial charge in [0.15, 0.2) is 0 Å². The molecule has 1 rings (SSSR count). The zero-order chi connectivity index (χ0) is 10.7. The Morgan fingerprint density at radius 2 is 2.36 bits per heavy atom. The van der Waals surface area contributed by atoms with E-state index in [1.807, 2.05) is 31.5 Å². The van der Waals surface area contributed by atoms with E-state index >= 15 is 0 Å². The lowest BCUT2D eigenvalue weighted by molar-refractivity contribution is -0.121. The molecule has 0 saturated heterocycles. The first-order valence-electron chi connectivity index (χ1n) is 4.56. The maximum absolute atomic E-state index is 11.0. The molecule has 5 nitrogen and oxygen atoms in total. The van der Waals surface area contributed by atoms with E-state index in [1.165, 1.54) is 0 Å². The van der Waals surface area contributed by atoms with Crippen LogP contribution in [-0.2, 0) is 4.79 Å². The zero-order valence-electron chi connectivity index (χ0n) is 8.74. The molecule has 1 aromatic rings. The fourth-order valence-electron chi connectivity index (χ4n) is 1.51. The second-order valence-electron chi connectivity index (χ2n) is 3.49. The maximum Gasteiger partial charge on any atom is 0.236 e. The molecule has 1 heterocycles. The van der Waals surface area contributed by atoms with Crippen molar-refractivity contribution in [3.63, 3.8) is 0 Å². The molecule has 0 saturated carbocycles. The van der Waals surface area contributed by atoms with Crippen LogP contribution in [-0.4, -0.2) is 15.7 Å². The number of hydrogen-bond donors (Lipinski definition) is 2. The average Bonchev–Trinajstić information content (AvgIpc) is 2.45. The van der Waals surface area contributed by atoms with Gasteiger partial charge in [0.25, 0.3) is 0 Å². The third kappa shape index (κ3) is 2.32. The Morgan fingerprint density at radius 1 is 1.71 bits per heavy atom. The standard InChI is InChI=1S/C9H16N4O/c1-6-4-7(2)13(12-6)8(3)5-9(14)11-10/h4,8H,5,10H2,1-3H3,(H,11,14). The molecule has 1 aromatic heterocycles. The molecule has 0 spiro atoms. The van der Waals surface area contributed by atoms with E-state index in [9.17, 15) is 4.79 Å². The quantitative estimate of drug-likeness (QED) is 0.418. The van der Waals surface area contributed by atoms with Crippen LogP contribution < -0.4 is 11.3 Å². The second kappa shape index (κ2) is 4.23. The molecule has 0 bridgehead atoms. The van der Waals surface area contributed by atoms with Crippen molar-refractivity contribution in [1.82, 2.24) is 15.2 Å². The molecule has 0 radical (unpaired) electrons. The molecule has 0 aliphatic carbocycles. The molecule has 0 fully saturated rings. The summed E-state index contributed by atoms with van der Waals surface area (Å²) in [5, 5.41) is 4.29. The highest BCUT2D eigenvalue weighted by Crippen LogP contribution is 2.13. The highest BCUT2D eigenvalue weighted by atomic mass is 16.2. The summed E-state index contributed by atoms with van der Waals surface area (Å²) < 4.78 is 1.84. The summed E-state index contributed by atoms with van der Waals surface area (Å²) in [6.07, 6.45) is 0.346. The molecular formula is C9H16N4O. The molecular weight excluding hydrogens is 180 g/mol. The van der Waals surface area contributed by atoms with Crippen molar-refractivity contribution >= 4 is 5.91 Å². The number of rotatable bonds is 3. The highest BCUT2D eigenvalue weighted by Gasteiger charge is 2.12. The van der Waals surface area contributed by atoms with Crippen LogP contribution in [0.15, 0.2) is 6.07 Å². The third-order valence-corrected chi connectivity index (χ3v) is 2.10. The Morgan fingerprint density at radius 3 is 2.79 bits per heavy atom. The van der Waals surface area contributed by atoms with Gasteiger partial charge in [-0.15, -0.1) is 0 Å². The molecule has 0 aliphatic rings. The van der Waals surface area contributed by atoms with Crippen LogP contribution in [0.1, 0.15) is 30.8 Å². The number of hydrogen-bond acceptors (Lipinski definition) is 3. The smallest absolute Gasteiger partial charge is 0.236 e. The van der Waals surface area contributed by atoms with Crippen LogP contribution in [0.4, 0.5) is 0 Å². The summed E-state index contributed by atoms with van der Waals surface area (Å²) in [6.45, 7) is 5.84. The lowest BCUT2D eigenvalue weighted by atomic mass is 10.2. The highest BCUT2D eigenvalue weighted by molar-refractivity contribution is 5.75. The number of aryl methyl sites for hydroxylation is 2. The van der Waals surface area contributed by atoms with E-state index in [0.717, 1.165) is 11.4 Å². The second-order valence-corrected chi connectivity index (χ2v) is 3.49. The van der Waals surface area contributed by atoms with E-state index in [4.69, 9.17) is 5.84 Å². The van der Waals surface area contributed by atoms with Crippen LogP contribution in [0.3, 0.4) is 0 Å². The lowest BCUT2D eigenvalue weighted by Crippen LogP contribution is -2.31. The van der Waals surface area contributed by atoms with Gasteiger partial charge in [-0.3, -0.25) is 14.9 Å². The summed E-state index contributed by atoms with van der Waals surface area (Å²) in [6, 6.07) is 2.02. The van der Waals surface area contributed by atoms with Crippen LogP contribution in [0.25, 0.3) is 0 Å². The van der Waals surface area contributed by atoms with Crippen molar-refractivity contribution in [3.05, 3.63) is 17.5 Å². The topological polar surface area (TPSA) is 72.9 Å². The molecule has 0 aromatic carbocycles. The van der Waals surface area contributed by atoms with Crippen LogP contribution in [0.5, 0.6) is 0 Å². The first-order chi connectivity index (χ1) is 6.54. The largest absolute Gasteiger partial charge is 0.294 e. The minimum Gasteiger partial charge on any atom is -0.294 e. The first-order valence-corrected chi connectivity index (χ1v) is 4.56. The zero-order valence-corrected chi connectivity index (χ0v) is 8.74. The Kier molecular flexibility index (Phi) is 3.24. The molecule has 1 amide bonds. The minimum atomic E-state index is -0.176. The number of carbonyl (C=O) groups is 1. The molecule has 3 N–H and O–H groups in total. The lowest BCUT2D eigenvalue weighted by Gasteiger charge is -2.12. The molecule has 0 aliphatic heterocycles. The van der Waals surface area contributed by atoms with Crippen LogP contribution in [0, 0.1) is 13.8 Å². The van der Waals surface area contributed by atoms with Gasteiger partial charge in [-0.25, -0.2) is 5.84 Å². The monoisotopic (exact) mass is 196 g/mol. The third-order valence-electron chi connectivity index (χ3n) is 2.10. The average molecular weight is 196 g/mol. The van der Waals surface area contributed by atoms with Crippen molar-refractivity contribution in [3.8, 4) is 0 Å². The van der Waals surface area contributed by atoms with Crippen molar-refractivity contribution in [1.29, 1.82) is 0 Å². The minimum absolute atomic E-state index is 0.0345. The van der Waals surface area contributed by atoms with Gasteiger partial charge in [-0.2, -0.15) is 5.10 Å². The number of carbonyl (C=O) groups excluding carboxylic acids is 1. The Balaban J connectivity index is 2.73. The van der Waals surface area contributed by atoms with E-state index < -0.39 is 0 Å². The molecule has 1 atom stereocenters. The number of nitrogens with two attached hydrogens (primary N) is 1. The van der Waals surface area contributed by atoms with Gasteiger partial charge in [0.1, 0.15) is 0 Å². The van der Waals surface area contributed by atoms with E-state index in [2.05, 4.69) is 10.5 Å². The predicted molar refractivity (Wildman–Crippen MR) is 53.4 cm³/mol. The Bertz CT molecular complexity index is 332. The Hall–Kier alpha value is -1.36. The molecule has 1 unspecified atom stereocenters. The molecule has 5 heteroatoms. The number of nitrogens with zero attached hydrogens (tertiary/aromatic N) is 2. The van der Waals surface area contributed by atoms with Gasteiger partial charge in [0, 0.05) is 5.69 Å². The van der Waals surface area contributed by atoms with Gasteiger partial charge in [0.2, 0.25) is 5.91 Å². The summed E-state index contributed by atoms with van der Waals surface area (Å²) in [7, 11) is 0. The van der Waals surface area contributed by atoms with Gasteiger partial charge in [-0.1, -0.05) is 0 Å². The van der Waals surface area contributed by atoms with Crippen molar-refractivity contribution in [2.75, 3.05) is 0 Å². The van der Waals surface area contributed by atoms with Crippen molar-refractivity contribution in [2.45, 2.75) is 33.2 Å². The van der Waals surface area contributed by atoms with E-state index in [0.29, 0.717) is 6.42 Å². The van der Waals surface area contributed by atoms with Gasteiger partial charge in [0.05, 0.1) is 18.2 Å². The van der Waals surface area contributed by atoms with Gasteiger partial charge in [-0.05, 0) is 26.8 Å². The fourth-order valence-corrected chi connectivity index (χ4v) is 1.51. The fraction of sp³-hybridized carbons (Fsp3) is 0.556. The normalized spacial score (nSPS) is 12.6. The number of nitrogens with one attached hydrogen (secondary N) is 1. The summed E-state index contributed by atoms with van der Waals surface area (Å²) in [5.41, 5.74) is 4.13. The summed E-state index contributed by atoms with van der Waals surface area (Å²) >= 11 is 0. The Labute approximate surface area is 83.2 Å². The molecule has 14 heavy (non-hydrogen) atoms. The summed E-state index contributed by atoms with van der Waals surface area (Å²) in [5.74, 6) is 4.84. The summed E-state index contributed by atoms with van der Waals surface area (Å²) in [4.78, 5) is 11.0. The predicted octanol–water partition coefficient (Wildman–Crippen LogP) is 0.441. The molecule has 78 valence electrons. The van der Waals surface area contributed by atoms with Crippen molar-refractivity contribution in [2.24, 2.45) is 5.84 Å². The number of hydrazine groups is 1.